The molecule has 3 rings (SSSR count). The van der Waals surface area contributed by atoms with Crippen LogP contribution in [-0.2, 0) is 0 Å². The highest BCUT2D eigenvalue weighted by molar-refractivity contribution is 6.35. The Morgan fingerprint density at radius 3 is 2.95 bits per heavy atom. The summed E-state index contributed by atoms with van der Waals surface area (Å²) in [4.78, 5) is 4.45. The summed E-state index contributed by atoms with van der Waals surface area (Å²) < 4.78 is 2.15. The molecule has 1 unspecified atom stereocenters. The van der Waals surface area contributed by atoms with Crippen LogP contribution in [0.5, 0.6) is 0 Å². The van der Waals surface area contributed by atoms with Crippen molar-refractivity contribution in [3.63, 3.8) is 0 Å². The molecule has 19 heavy (non-hydrogen) atoms. The molecule has 1 aliphatic carbocycles. The molecule has 1 heterocycles. The van der Waals surface area contributed by atoms with Crippen LogP contribution in [0.3, 0.4) is 0 Å². The number of rotatable bonds is 1. The average molecular weight is 278 g/mol. The zero-order chi connectivity index (χ0) is 13.6. The van der Waals surface area contributed by atoms with Crippen molar-refractivity contribution in [2.24, 2.45) is 5.41 Å². The Balaban J connectivity index is 2.12. The molecule has 3 nitrogen and oxygen atoms in total. The van der Waals surface area contributed by atoms with Crippen LogP contribution < -0.4 is 5.73 Å². The molecule has 102 valence electrons. The molecule has 1 aromatic carbocycles. The van der Waals surface area contributed by atoms with Crippen molar-refractivity contribution < 1.29 is 0 Å². The largest absolute Gasteiger partial charge is 0.369 e. The topological polar surface area (TPSA) is 43.8 Å². The molecule has 0 bridgehead atoms. The lowest BCUT2D eigenvalue weighted by molar-refractivity contribution is 0.187. The quantitative estimate of drug-likeness (QED) is 0.839. The van der Waals surface area contributed by atoms with Gasteiger partial charge in [0, 0.05) is 6.04 Å². The van der Waals surface area contributed by atoms with Crippen LogP contribution in [0, 0.1) is 5.41 Å². The van der Waals surface area contributed by atoms with Crippen molar-refractivity contribution in [2.75, 3.05) is 5.73 Å². The van der Waals surface area contributed by atoms with Gasteiger partial charge in [-0.2, -0.15) is 0 Å². The summed E-state index contributed by atoms with van der Waals surface area (Å²) in [5.41, 5.74) is 8.39. The lowest BCUT2D eigenvalue weighted by Gasteiger charge is -2.36. The predicted octanol–water partition coefficient (Wildman–Crippen LogP) is 4.41. The van der Waals surface area contributed by atoms with Crippen molar-refractivity contribution in [3.8, 4) is 0 Å². The van der Waals surface area contributed by atoms with E-state index in [1.54, 1.807) is 0 Å². The number of nitrogens with two attached hydrogens (primary N) is 1. The van der Waals surface area contributed by atoms with E-state index in [0.29, 0.717) is 17.4 Å². The molecule has 1 saturated carbocycles. The van der Waals surface area contributed by atoms with E-state index in [1.165, 1.54) is 12.8 Å². The van der Waals surface area contributed by atoms with Gasteiger partial charge in [0.25, 0.3) is 0 Å². The van der Waals surface area contributed by atoms with E-state index in [1.807, 2.05) is 18.2 Å². The van der Waals surface area contributed by atoms with Gasteiger partial charge in [-0.15, -0.1) is 0 Å². The van der Waals surface area contributed by atoms with E-state index in [-0.39, 0.29) is 0 Å². The van der Waals surface area contributed by atoms with E-state index in [2.05, 4.69) is 23.4 Å². The maximum Gasteiger partial charge on any atom is 0.201 e. The number of imidazole rings is 1. The third-order valence-corrected chi connectivity index (χ3v) is 4.54. The van der Waals surface area contributed by atoms with Crippen LogP contribution in [0.1, 0.15) is 45.6 Å². The van der Waals surface area contributed by atoms with E-state index in [4.69, 9.17) is 17.3 Å². The van der Waals surface area contributed by atoms with Gasteiger partial charge in [-0.05, 0) is 36.8 Å². The number of para-hydroxylation sites is 1. The van der Waals surface area contributed by atoms with E-state index in [9.17, 15) is 0 Å². The lowest BCUT2D eigenvalue weighted by atomic mass is 9.75. The SMILES string of the molecule is CC1(C)CCCC(n2c(N)nc3cccc(Cl)c32)C1. The lowest BCUT2D eigenvalue weighted by Crippen LogP contribution is -2.25. The maximum absolute atomic E-state index is 6.35. The number of benzene rings is 1. The van der Waals surface area contributed by atoms with E-state index >= 15 is 0 Å². The number of hydrogen-bond acceptors (Lipinski definition) is 2. The Morgan fingerprint density at radius 1 is 1.42 bits per heavy atom. The van der Waals surface area contributed by atoms with Gasteiger partial charge in [0.2, 0.25) is 5.95 Å². The molecule has 0 aliphatic heterocycles. The number of fused-ring (bicyclic) bond motifs is 1. The minimum absolute atomic E-state index is 0.368. The highest BCUT2D eigenvalue weighted by atomic mass is 35.5. The molecule has 0 amide bonds. The maximum atomic E-state index is 6.35. The summed E-state index contributed by atoms with van der Waals surface area (Å²) in [6.45, 7) is 4.66. The summed E-state index contributed by atoms with van der Waals surface area (Å²) in [6, 6.07) is 6.22. The third-order valence-electron chi connectivity index (χ3n) is 4.23. The molecule has 0 spiro atoms. The number of nitrogen functional groups attached to an aromatic ring is 1. The van der Waals surface area contributed by atoms with Gasteiger partial charge >= 0.3 is 0 Å². The smallest absolute Gasteiger partial charge is 0.201 e. The minimum atomic E-state index is 0.368. The summed E-state index contributed by atoms with van der Waals surface area (Å²) in [5.74, 6) is 0.589. The van der Waals surface area contributed by atoms with Crippen LogP contribution in [0.4, 0.5) is 5.95 Å². The predicted molar refractivity (Wildman–Crippen MR) is 80.4 cm³/mol. The minimum Gasteiger partial charge on any atom is -0.369 e. The van der Waals surface area contributed by atoms with Crippen LogP contribution in [-0.4, -0.2) is 9.55 Å². The van der Waals surface area contributed by atoms with Gasteiger partial charge in [-0.25, -0.2) is 4.98 Å². The Labute approximate surface area is 118 Å². The molecule has 0 radical (unpaired) electrons. The monoisotopic (exact) mass is 277 g/mol. The van der Waals surface area contributed by atoms with Crippen LogP contribution >= 0.6 is 11.6 Å². The van der Waals surface area contributed by atoms with Crippen molar-refractivity contribution in [1.82, 2.24) is 9.55 Å². The number of nitrogens with zero attached hydrogens (tertiary/aromatic N) is 2. The van der Waals surface area contributed by atoms with Crippen molar-refractivity contribution in [1.29, 1.82) is 0 Å². The van der Waals surface area contributed by atoms with Gasteiger partial charge < -0.3 is 10.3 Å². The second-order valence-electron chi connectivity index (χ2n) is 6.36. The fourth-order valence-corrected chi connectivity index (χ4v) is 3.63. The normalized spacial score (nSPS) is 22.8. The van der Waals surface area contributed by atoms with E-state index in [0.717, 1.165) is 28.9 Å². The van der Waals surface area contributed by atoms with Gasteiger partial charge in [-0.1, -0.05) is 37.9 Å². The summed E-state index contributed by atoms with van der Waals surface area (Å²) >= 11 is 6.35. The Bertz CT molecular complexity index is 615. The van der Waals surface area contributed by atoms with Crippen LogP contribution in [0.25, 0.3) is 11.0 Å². The van der Waals surface area contributed by atoms with Crippen LogP contribution in [0.2, 0.25) is 5.02 Å². The number of anilines is 1. The van der Waals surface area contributed by atoms with E-state index < -0.39 is 0 Å². The number of aromatic nitrogens is 2. The van der Waals surface area contributed by atoms with Gasteiger partial charge in [0.05, 0.1) is 16.1 Å². The molecule has 2 aromatic rings. The highest BCUT2D eigenvalue weighted by Crippen LogP contribution is 2.43. The first-order chi connectivity index (χ1) is 8.98. The van der Waals surface area contributed by atoms with Crippen molar-refractivity contribution in [2.45, 2.75) is 45.6 Å². The molecule has 1 fully saturated rings. The number of halogens is 1. The average Bonchev–Trinajstić information content (AvgIpc) is 2.65. The summed E-state index contributed by atoms with van der Waals surface area (Å²) in [7, 11) is 0. The molecule has 0 saturated heterocycles. The Kier molecular flexibility index (Phi) is 2.97. The molecule has 1 atom stereocenters. The molecule has 1 aromatic heterocycles. The molecule has 2 N–H and O–H groups in total. The zero-order valence-electron chi connectivity index (χ0n) is 11.5. The molecule has 4 heteroatoms. The Morgan fingerprint density at radius 2 is 2.21 bits per heavy atom. The zero-order valence-corrected chi connectivity index (χ0v) is 12.2. The standard InChI is InChI=1S/C15H20ClN3/c1-15(2)8-4-5-10(9-15)19-13-11(16)6-3-7-12(13)18-14(19)17/h3,6-7,10H,4-5,8-9H2,1-2H3,(H2,17,18). The first kappa shape index (κ1) is 12.8. The highest BCUT2D eigenvalue weighted by Gasteiger charge is 2.31. The summed E-state index contributed by atoms with van der Waals surface area (Å²) in [5, 5.41) is 0.741. The first-order valence-electron chi connectivity index (χ1n) is 6.90. The van der Waals surface area contributed by atoms with Crippen molar-refractivity contribution >= 4 is 28.6 Å². The number of hydrogen-bond donors (Lipinski definition) is 1. The van der Waals surface area contributed by atoms with Gasteiger partial charge in [-0.3, -0.25) is 0 Å². The second kappa shape index (κ2) is 4.41. The molecular formula is C15H20ClN3. The summed E-state index contributed by atoms with van der Waals surface area (Å²) in [6.07, 6.45) is 4.81. The van der Waals surface area contributed by atoms with Gasteiger partial charge in [0.1, 0.15) is 0 Å². The second-order valence-corrected chi connectivity index (χ2v) is 6.77. The van der Waals surface area contributed by atoms with Gasteiger partial charge in [0.15, 0.2) is 0 Å². The Hall–Kier alpha value is -1.22. The van der Waals surface area contributed by atoms with Crippen molar-refractivity contribution in [3.05, 3.63) is 23.2 Å². The molecular weight excluding hydrogens is 258 g/mol. The fraction of sp³-hybridized carbons (Fsp3) is 0.533. The fourth-order valence-electron chi connectivity index (χ4n) is 3.37. The third kappa shape index (κ3) is 2.20. The first-order valence-corrected chi connectivity index (χ1v) is 7.28. The van der Waals surface area contributed by atoms with Crippen LogP contribution in [0.15, 0.2) is 18.2 Å². The molecule has 1 aliphatic rings.